The Hall–Kier alpha value is -2.20. The van der Waals surface area contributed by atoms with Crippen molar-refractivity contribution in [2.24, 2.45) is 4.99 Å². The molecule has 1 aromatic carbocycles. The Bertz CT molecular complexity index is 903. The number of hydrogen-bond donors (Lipinski definition) is 2. The predicted molar refractivity (Wildman–Crippen MR) is 126 cm³/mol. The third-order valence-corrected chi connectivity index (χ3v) is 4.31. The Kier molecular flexibility index (Phi) is 9.85. The zero-order chi connectivity index (χ0) is 19.6. The van der Waals surface area contributed by atoms with E-state index in [0.717, 1.165) is 36.1 Å². The average Bonchev–Trinajstić information content (AvgIpc) is 3.19. The van der Waals surface area contributed by atoms with Crippen molar-refractivity contribution in [2.75, 3.05) is 19.6 Å². The zero-order valence-electron chi connectivity index (χ0n) is 16.1. The van der Waals surface area contributed by atoms with Gasteiger partial charge in [-0.2, -0.15) is 4.98 Å². The lowest BCUT2D eigenvalue weighted by Crippen LogP contribution is -2.38. The number of aromatic nitrogens is 3. The molecule has 0 amide bonds. The molecule has 9 heteroatoms. The summed E-state index contributed by atoms with van der Waals surface area (Å²) in [5.74, 6) is 1.78. The number of nitrogens with one attached hydrogen (secondary N) is 2. The van der Waals surface area contributed by atoms with E-state index in [1.165, 1.54) is 0 Å². The molecule has 2 N–H and O–H groups in total. The lowest BCUT2D eigenvalue weighted by atomic mass is 10.1. The molecular formula is C20H24ClIN6O. The topological polar surface area (TPSA) is 88.2 Å². The van der Waals surface area contributed by atoms with Crippen molar-refractivity contribution >= 4 is 41.5 Å². The fourth-order valence-corrected chi connectivity index (χ4v) is 2.81. The lowest BCUT2D eigenvalue weighted by Gasteiger charge is -2.11. The Labute approximate surface area is 192 Å². The van der Waals surface area contributed by atoms with Gasteiger partial charge in [0.05, 0.1) is 0 Å². The second-order valence-corrected chi connectivity index (χ2v) is 6.42. The molecule has 7 nitrogen and oxygen atoms in total. The lowest BCUT2D eigenvalue weighted by molar-refractivity contribution is 0.421. The van der Waals surface area contributed by atoms with E-state index >= 15 is 0 Å². The van der Waals surface area contributed by atoms with Gasteiger partial charge in [0, 0.05) is 37.3 Å². The molecule has 0 fully saturated rings. The van der Waals surface area contributed by atoms with E-state index < -0.39 is 0 Å². The summed E-state index contributed by atoms with van der Waals surface area (Å²) in [6, 6.07) is 13.4. The third kappa shape index (κ3) is 7.28. The van der Waals surface area contributed by atoms with Gasteiger partial charge in [0.1, 0.15) is 5.69 Å². The Morgan fingerprint density at radius 2 is 1.93 bits per heavy atom. The minimum atomic E-state index is 0. The number of benzene rings is 1. The van der Waals surface area contributed by atoms with Gasteiger partial charge in [-0.3, -0.25) is 9.98 Å². The molecule has 0 saturated carbocycles. The summed E-state index contributed by atoms with van der Waals surface area (Å²) in [5, 5.41) is 11.3. The number of rotatable bonds is 8. The van der Waals surface area contributed by atoms with E-state index in [-0.39, 0.29) is 24.0 Å². The first-order chi connectivity index (χ1) is 13.8. The summed E-state index contributed by atoms with van der Waals surface area (Å²) in [4.78, 5) is 13.1. The van der Waals surface area contributed by atoms with Crippen LogP contribution in [0.2, 0.25) is 5.02 Å². The Balaban J connectivity index is 0.00000300. The van der Waals surface area contributed by atoms with Crippen LogP contribution in [0.5, 0.6) is 0 Å². The van der Waals surface area contributed by atoms with Gasteiger partial charge in [0.2, 0.25) is 0 Å². The molecule has 0 aliphatic heterocycles. The van der Waals surface area contributed by atoms with Crippen LogP contribution in [0, 0.1) is 0 Å². The van der Waals surface area contributed by atoms with Crippen LogP contribution in [0.3, 0.4) is 0 Å². The monoisotopic (exact) mass is 526 g/mol. The Morgan fingerprint density at radius 1 is 1.10 bits per heavy atom. The van der Waals surface area contributed by atoms with E-state index in [9.17, 15) is 0 Å². The fraction of sp³-hybridized carbons (Fsp3) is 0.300. The summed E-state index contributed by atoms with van der Waals surface area (Å²) < 4.78 is 5.26. The highest BCUT2D eigenvalue weighted by molar-refractivity contribution is 14.0. The van der Waals surface area contributed by atoms with Crippen LogP contribution in [0.4, 0.5) is 0 Å². The quantitative estimate of drug-likeness (QED) is 0.264. The molecule has 29 heavy (non-hydrogen) atoms. The number of aliphatic imine (C=N–C) groups is 1. The summed E-state index contributed by atoms with van der Waals surface area (Å²) in [7, 11) is 0. The largest absolute Gasteiger partial charge is 0.357 e. The number of halogens is 2. The van der Waals surface area contributed by atoms with Gasteiger partial charge < -0.3 is 15.2 Å². The normalized spacial score (nSPS) is 11.0. The molecule has 0 aliphatic carbocycles. The molecule has 0 bridgehead atoms. The summed E-state index contributed by atoms with van der Waals surface area (Å²) >= 11 is 6.20. The molecule has 3 aromatic rings. The van der Waals surface area contributed by atoms with Crippen LogP contribution in [0.1, 0.15) is 18.3 Å². The molecule has 0 radical (unpaired) electrons. The minimum absolute atomic E-state index is 0. The first-order valence-electron chi connectivity index (χ1n) is 9.26. The molecule has 3 rings (SSSR count). The van der Waals surface area contributed by atoms with E-state index in [1.54, 1.807) is 6.20 Å². The van der Waals surface area contributed by atoms with Gasteiger partial charge in [-0.1, -0.05) is 41.0 Å². The Morgan fingerprint density at radius 3 is 2.69 bits per heavy atom. The van der Waals surface area contributed by atoms with Crippen LogP contribution in [0.15, 0.2) is 58.2 Å². The summed E-state index contributed by atoms with van der Waals surface area (Å²) in [6.07, 6.45) is 3.10. The number of nitrogens with zero attached hydrogens (tertiary/aromatic N) is 4. The number of pyridine rings is 1. The average molecular weight is 527 g/mol. The fourth-order valence-electron chi connectivity index (χ4n) is 2.57. The molecule has 0 unspecified atom stereocenters. The van der Waals surface area contributed by atoms with E-state index in [4.69, 9.17) is 16.1 Å². The highest BCUT2D eigenvalue weighted by Crippen LogP contribution is 2.15. The van der Waals surface area contributed by atoms with Gasteiger partial charge >= 0.3 is 0 Å². The van der Waals surface area contributed by atoms with Gasteiger partial charge in [0.15, 0.2) is 11.8 Å². The van der Waals surface area contributed by atoms with Crippen molar-refractivity contribution in [3.8, 4) is 11.6 Å². The molecule has 2 aromatic heterocycles. The van der Waals surface area contributed by atoms with Crippen molar-refractivity contribution in [3.05, 3.63) is 65.1 Å². The highest BCUT2D eigenvalue weighted by atomic mass is 127. The van der Waals surface area contributed by atoms with Gasteiger partial charge in [-0.25, -0.2) is 0 Å². The maximum absolute atomic E-state index is 6.20. The molecule has 0 aliphatic rings. The second-order valence-electron chi connectivity index (χ2n) is 6.01. The van der Waals surface area contributed by atoms with Crippen molar-refractivity contribution in [1.82, 2.24) is 25.8 Å². The van der Waals surface area contributed by atoms with Crippen molar-refractivity contribution in [2.45, 2.75) is 19.8 Å². The third-order valence-electron chi connectivity index (χ3n) is 3.95. The first kappa shape index (κ1) is 23.1. The summed E-state index contributed by atoms with van der Waals surface area (Å²) in [5.41, 5.74) is 1.78. The molecule has 154 valence electrons. The smallest absolute Gasteiger partial charge is 0.276 e. The molecule has 0 spiro atoms. The van der Waals surface area contributed by atoms with E-state index in [1.807, 2.05) is 49.4 Å². The van der Waals surface area contributed by atoms with E-state index in [2.05, 4.69) is 30.8 Å². The van der Waals surface area contributed by atoms with Crippen molar-refractivity contribution in [3.63, 3.8) is 0 Å². The van der Waals surface area contributed by atoms with Gasteiger partial charge in [-0.05, 0) is 37.1 Å². The molecule has 0 atom stereocenters. The standard InChI is InChI=1S/C20H23ClN6O.HI/c1-2-22-20(24-13-10-15-7-3-4-8-16(15)21)25-14-11-18-26-19(28-27-18)17-9-5-6-12-23-17;/h3-9,12H,2,10-11,13-14H2,1H3,(H2,22,24,25);1H. The van der Waals surface area contributed by atoms with Crippen LogP contribution in [-0.2, 0) is 12.8 Å². The maximum atomic E-state index is 6.20. The highest BCUT2D eigenvalue weighted by Gasteiger charge is 2.09. The van der Waals surface area contributed by atoms with Crippen LogP contribution in [0.25, 0.3) is 11.6 Å². The van der Waals surface area contributed by atoms with Gasteiger partial charge in [0.25, 0.3) is 5.89 Å². The van der Waals surface area contributed by atoms with Crippen LogP contribution >= 0.6 is 35.6 Å². The maximum Gasteiger partial charge on any atom is 0.276 e. The summed E-state index contributed by atoms with van der Waals surface area (Å²) in [6.45, 7) is 4.10. The minimum Gasteiger partial charge on any atom is -0.357 e. The molecule has 2 heterocycles. The van der Waals surface area contributed by atoms with Crippen LogP contribution in [-0.4, -0.2) is 40.7 Å². The second kappa shape index (κ2) is 12.4. The van der Waals surface area contributed by atoms with Crippen LogP contribution < -0.4 is 10.6 Å². The predicted octanol–water partition coefficient (Wildman–Crippen LogP) is 3.74. The van der Waals surface area contributed by atoms with Crippen molar-refractivity contribution in [1.29, 1.82) is 0 Å². The first-order valence-corrected chi connectivity index (χ1v) is 9.63. The zero-order valence-corrected chi connectivity index (χ0v) is 19.2. The molecular weight excluding hydrogens is 503 g/mol. The van der Waals surface area contributed by atoms with Gasteiger partial charge in [-0.15, -0.1) is 24.0 Å². The number of guanidine groups is 1. The SMILES string of the molecule is CCNC(=NCCc1noc(-c2ccccn2)n1)NCCc1ccccc1Cl.I. The van der Waals surface area contributed by atoms with Crippen molar-refractivity contribution < 1.29 is 4.52 Å². The molecule has 0 saturated heterocycles. The van der Waals surface area contributed by atoms with E-state index in [0.29, 0.717) is 30.4 Å². The number of hydrogen-bond acceptors (Lipinski definition) is 5.